The Labute approximate surface area is 133 Å². The lowest BCUT2D eigenvalue weighted by molar-refractivity contribution is 0.570. The van der Waals surface area contributed by atoms with E-state index in [1.165, 1.54) is 5.56 Å². The molecule has 0 aromatic heterocycles. The first kappa shape index (κ1) is 18.5. The van der Waals surface area contributed by atoms with Crippen molar-refractivity contribution in [2.24, 2.45) is 0 Å². The van der Waals surface area contributed by atoms with Gasteiger partial charge in [-0.05, 0) is 30.3 Å². The molecule has 0 aliphatic rings. The molecule has 21 heavy (non-hydrogen) atoms. The van der Waals surface area contributed by atoms with Gasteiger partial charge in [0.15, 0.2) is 0 Å². The zero-order valence-corrected chi connectivity index (χ0v) is 14.7. The molecule has 0 saturated heterocycles. The quantitative estimate of drug-likeness (QED) is 0.691. The van der Waals surface area contributed by atoms with Crippen LogP contribution in [0.5, 0.6) is 0 Å². The first-order valence-electron chi connectivity index (χ1n) is 7.33. The minimum Gasteiger partial charge on any atom is -0.313 e. The van der Waals surface area contributed by atoms with E-state index in [2.05, 4.69) is 23.9 Å². The zero-order valence-electron chi connectivity index (χ0n) is 13.1. The molecule has 0 aliphatic carbocycles. The molecular formula is C15H26N2O2S2. The van der Waals surface area contributed by atoms with E-state index in [0.29, 0.717) is 0 Å². The summed E-state index contributed by atoms with van der Waals surface area (Å²) < 4.78 is 26.9. The average Bonchev–Trinajstić information content (AvgIpc) is 2.43. The summed E-state index contributed by atoms with van der Waals surface area (Å²) in [5.41, 5.74) is 1.98. The van der Waals surface area contributed by atoms with E-state index in [1.807, 2.05) is 31.2 Å². The van der Waals surface area contributed by atoms with Gasteiger partial charge in [0, 0.05) is 18.3 Å². The van der Waals surface area contributed by atoms with E-state index in [9.17, 15) is 8.42 Å². The highest BCUT2D eigenvalue weighted by molar-refractivity contribution is 7.99. The van der Waals surface area contributed by atoms with Crippen molar-refractivity contribution in [2.45, 2.75) is 39.1 Å². The molecule has 1 unspecified atom stereocenters. The molecule has 1 atom stereocenters. The Morgan fingerprint density at radius 2 is 1.76 bits per heavy atom. The second kappa shape index (κ2) is 9.46. The van der Waals surface area contributed by atoms with Crippen LogP contribution in [0.1, 0.15) is 31.9 Å². The number of sulfonamides is 1. The van der Waals surface area contributed by atoms with Gasteiger partial charge in [-0.3, -0.25) is 0 Å². The van der Waals surface area contributed by atoms with E-state index in [4.69, 9.17) is 0 Å². The van der Waals surface area contributed by atoms with Gasteiger partial charge < -0.3 is 5.32 Å². The molecule has 0 saturated carbocycles. The minimum atomic E-state index is -3.27. The summed E-state index contributed by atoms with van der Waals surface area (Å²) in [4.78, 5) is 0. The summed E-state index contributed by atoms with van der Waals surface area (Å²) in [6.45, 7) is 7.77. The van der Waals surface area contributed by atoms with Crippen molar-refractivity contribution < 1.29 is 8.42 Å². The van der Waals surface area contributed by atoms with Gasteiger partial charge in [-0.25, -0.2) is 13.1 Å². The van der Waals surface area contributed by atoms with Crippen molar-refractivity contribution in [2.75, 3.05) is 18.1 Å². The first-order valence-corrected chi connectivity index (χ1v) is 10.1. The molecule has 1 aromatic rings. The number of thioether (sulfide) groups is 1. The minimum absolute atomic E-state index is 0.0343. The van der Waals surface area contributed by atoms with E-state index >= 15 is 0 Å². The number of hydrogen-bond acceptors (Lipinski definition) is 4. The third-order valence-electron chi connectivity index (χ3n) is 2.91. The highest BCUT2D eigenvalue weighted by atomic mass is 32.2. The van der Waals surface area contributed by atoms with Gasteiger partial charge >= 0.3 is 0 Å². The van der Waals surface area contributed by atoms with E-state index in [1.54, 1.807) is 11.8 Å². The Morgan fingerprint density at radius 3 is 2.33 bits per heavy atom. The molecule has 0 aliphatic heterocycles. The SMILES string of the molecule is CCNCc1ccc(CS(=O)(=O)NC(C)CSCC)cc1. The van der Waals surface area contributed by atoms with Crippen LogP contribution in [0.4, 0.5) is 0 Å². The Balaban J connectivity index is 2.54. The largest absolute Gasteiger partial charge is 0.313 e. The molecule has 4 nitrogen and oxygen atoms in total. The van der Waals surface area contributed by atoms with Crippen molar-refractivity contribution in [3.05, 3.63) is 35.4 Å². The maximum absolute atomic E-state index is 12.1. The van der Waals surface area contributed by atoms with Crippen LogP contribution in [0.2, 0.25) is 0 Å². The lowest BCUT2D eigenvalue weighted by atomic mass is 10.1. The van der Waals surface area contributed by atoms with Crippen molar-refractivity contribution in [1.29, 1.82) is 0 Å². The van der Waals surface area contributed by atoms with Crippen LogP contribution >= 0.6 is 11.8 Å². The smallest absolute Gasteiger partial charge is 0.216 e. The summed E-state index contributed by atoms with van der Waals surface area (Å²) in [7, 11) is -3.27. The summed E-state index contributed by atoms with van der Waals surface area (Å²) >= 11 is 1.74. The van der Waals surface area contributed by atoms with Crippen molar-refractivity contribution >= 4 is 21.8 Å². The normalized spacial score (nSPS) is 13.3. The van der Waals surface area contributed by atoms with Gasteiger partial charge in [0.2, 0.25) is 10.0 Å². The van der Waals surface area contributed by atoms with Crippen molar-refractivity contribution in [3.8, 4) is 0 Å². The molecular weight excluding hydrogens is 304 g/mol. The molecule has 1 rings (SSSR count). The molecule has 0 amide bonds. The molecule has 1 aromatic carbocycles. The Hall–Kier alpha value is -0.560. The van der Waals surface area contributed by atoms with Crippen LogP contribution in [-0.2, 0) is 22.3 Å². The van der Waals surface area contributed by atoms with E-state index in [-0.39, 0.29) is 11.8 Å². The van der Waals surface area contributed by atoms with Crippen LogP contribution in [0.25, 0.3) is 0 Å². The van der Waals surface area contributed by atoms with Crippen LogP contribution < -0.4 is 10.0 Å². The Morgan fingerprint density at radius 1 is 1.14 bits per heavy atom. The first-order chi connectivity index (χ1) is 9.96. The van der Waals surface area contributed by atoms with Crippen LogP contribution in [0.15, 0.2) is 24.3 Å². The maximum Gasteiger partial charge on any atom is 0.216 e. The molecule has 0 bridgehead atoms. The van der Waals surface area contributed by atoms with Crippen molar-refractivity contribution in [3.63, 3.8) is 0 Å². The second-order valence-electron chi connectivity index (χ2n) is 5.03. The fourth-order valence-electron chi connectivity index (χ4n) is 1.92. The van der Waals surface area contributed by atoms with Gasteiger partial charge in [-0.1, -0.05) is 38.1 Å². The lowest BCUT2D eigenvalue weighted by Crippen LogP contribution is -2.35. The fraction of sp³-hybridized carbons (Fsp3) is 0.600. The molecule has 0 fully saturated rings. The van der Waals surface area contributed by atoms with Gasteiger partial charge in [0.1, 0.15) is 0 Å². The van der Waals surface area contributed by atoms with Gasteiger partial charge in [-0.15, -0.1) is 0 Å². The fourth-order valence-corrected chi connectivity index (χ4v) is 4.11. The molecule has 2 N–H and O–H groups in total. The molecule has 6 heteroatoms. The molecule has 0 heterocycles. The van der Waals surface area contributed by atoms with Gasteiger partial charge in [0.25, 0.3) is 0 Å². The third-order valence-corrected chi connectivity index (χ3v) is 5.53. The van der Waals surface area contributed by atoms with Gasteiger partial charge in [-0.2, -0.15) is 11.8 Å². The third kappa shape index (κ3) is 7.85. The lowest BCUT2D eigenvalue weighted by Gasteiger charge is -2.13. The van der Waals surface area contributed by atoms with Crippen LogP contribution in [0.3, 0.4) is 0 Å². The monoisotopic (exact) mass is 330 g/mol. The molecule has 0 radical (unpaired) electrons. The summed E-state index contributed by atoms with van der Waals surface area (Å²) in [5, 5.41) is 3.24. The standard InChI is InChI=1S/C15H26N2O2S2/c1-4-16-10-14-6-8-15(9-7-14)12-21(18,19)17-13(3)11-20-5-2/h6-9,13,16-17H,4-5,10-12H2,1-3H3. The highest BCUT2D eigenvalue weighted by Crippen LogP contribution is 2.09. The Kier molecular flexibility index (Phi) is 8.33. The van der Waals surface area contributed by atoms with Crippen LogP contribution in [-0.4, -0.2) is 32.5 Å². The number of hydrogen-bond donors (Lipinski definition) is 2. The number of rotatable bonds is 10. The van der Waals surface area contributed by atoms with Gasteiger partial charge in [0.05, 0.1) is 5.75 Å². The maximum atomic E-state index is 12.1. The zero-order chi connectivity index (χ0) is 15.7. The van der Waals surface area contributed by atoms with E-state index < -0.39 is 10.0 Å². The number of nitrogens with one attached hydrogen (secondary N) is 2. The van der Waals surface area contributed by atoms with Crippen molar-refractivity contribution in [1.82, 2.24) is 10.0 Å². The average molecular weight is 331 g/mol. The number of benzene rings is 1. The van der Waals surface area contributed by atoms with Crippen LogP contribution in [0, 0.1) is 0 Å². The second-order valence-corrected chi connectivity index (χ2v) is 8.11. The predicted molar refractivity (Wildman–Crippen MR) is 92.0 cm³/mol. The summed E-state index contributed by atoms with van der Waals surface area (Å²) in [5.74, 6) is 1.84. The van der Waals surface area contributed by atoms with E-state index in [0.717, 1.165) is 30.2 Å². The summed E-state index contributed by atoms with van der Waals surface area (Å²) in [6.07, 6.45) is 0. The molecule has 120 valence electrons. The highest BCUT2D eigenvalue weighted by Gasteiger charge is 2.15. The predicted octanol–water partition coefficient (Wildman–Crippen LogP) is 2.36. The topological polar surface area (TPSA) is 58.2 Å². The summed E-state index contributed by atoms with van der Waals surface area (Å²) in [6, 6.07) is 7.69. The molecule has 0 spiro atoms. The Bertz CT molecular complexity index is 501.